The summed E-state index contributed by atoms with van der Waals surface area (Å²) in [4.78, 5) is 9.68. The number of nitrogens with one attached hydrogen (secondary N) is 1. The Hall–Kier alpha value is -3.07. The van der Waals surface area contributed by atoms with Crippen molar-refractivity contribution >= 4 is 28.8 Å². The van der Waals surface area contributed by atoms with Gasteiger partial charge in [-0.1, -0.05) is 13.5 Å². The molecule has 0 aliphatic rings. The number of carboxylic acid groups (broad SMARTS) is 1. The van der Waals surface area contributed by atoms with E-state index in [-0.39, 0.29) is 5.57 Å². The largest absolute Gasteiger partial charge is 0.478 e. The molecule has 0 aliphatic carbocycles. The Bertz CT molecular complexity index is 784. The molecule has 0 amide bonds. The van der Waals surface area contributed by atoms with Crippen molar-refractivity contribution < 1.29 is 9.90 Å². The Morgan fingerprint density at radius 2 is 2.26 bits per heavy atom. The van der Waals surface area contributed by atoms with Crippen LogP contribution in [0.2, 0.25) is 0 Å². The molecule has 120 valence electrons. The van der Waals surface area contributed by atoms with E-state index in [1.807, 2.05) is 24.4 Å². The lowest BCUT2D eigenvalue weighted by Gasteiger charge is -2.12. The number of fused-ring (bicyclic) bond motifs is 1. The zero-order valence-electron chi connectivity index (χ0n) is 13.2. The molecular weight excluding hydrogens is 292 g/mol. The molecule has 4 N–H and O–H groups in total. The highest BCUT2D eigenvalue weighted by atomic mass is 16.4. The Kier molecular flexibility index (Phi) is 6.10. The molecule has 2 rings (SSSR count). The van der Waals surface area contributed by atoms with Crippen LogP contribution in [-0.4, -0.2) is 21.9 Å². The van der Waals surface area contributed by atoms with Crippen LogP contribution in [0.15, 0.2) is 36.5 Å². The van der Waals surface area contributed by atoms with Gasteiger partial charge in [-0.3, -0.25) is 0 Å². The van der Waals surface area contributed by atoms with Crippen LogP contribution in [0.4, 0.5) is 5.69 Å². The Morgan fingerprint density at radius 3 is 2.70 bits per heavy atom. The number of anilines is 1. The van der Waals surface area contributed by atoms with Crippen molar-refractivity contribution in [3.63, 3.8) is 0 Å². The highest BCUT2D eigenvalue weighted by molar-refractivity contribution is 6.06. The molecule has 0 radical (unpaired) electrons. The summed E-state index contributed by atoms with van der Waals surface area (Å²) in [6.45, 7) is 7.32. The zero-order chi connectivity index (χ0) is 17.6. The monoisotopic (exact) mass is 312 g/mol. The van der Waals surface area contributed by atoms with Gasteiger partial charge in [-0.15, -0.1) is 0 Å². The predicted molar refractivity (Wildman–Crippen MR) is 91.6 cm³/mol. The van der Waals surface area contributed by atoms with Gasteiger partial charge in [-0.05, 0) is 31.5 Å². The number of nitrogens with two attached hydrogens (primary N) is 1. The second-order valence-corrected chi connectivity index (χ2v) is 5.07. The van der Waals surface area contributed by atoms with E-state index in [1.165, 1.54) is 0 Å². The van der Waals surface area contributed by atoms with Crippen LogP contribution >= 0.6 is 0 Å². The molecule has 1 aromatic heterocycles. The number of rotatable bonds is 4. The van der Waals surface area contributed by atoms with Gasteiger partial charge in [-0.2, -0.15) is 5.26 Å². The molecule has 6 heteroatoms. The summed E-state index contributed by atoms with van der Waals surface area (Å²) in [6.07, 6.45) is 3.65. The molecule has 0 fully saturated rings. The summed E-state index contributed by atoms with van der Waals surface area (Å²) in [5.74, 6) is -1.14. The summed E-state index contributed by atoms with van der Waals surface area (Å²) in [5.41, 5.74) is 8.03. The van der Waals surface area contributed by atoms with Gasteiger partial charge in [0.2, 0.25) is 0 Å². The van der Waals surface area contributed by atoms with Gasteiger partial charge in [0.05, 0.1) is 11.1 Å². The van der Waals surface area contributed by atoms with Crippen molar-refractivity contribution in [3.05, 3.63) is 42.1 Å². The molecule has 1 atom stereocenters. The van der Waals surface area contributed by atoms with E-state index in [0.29, 0.717) is 23.5 Å². The number of nitrogen functional groups attached to an aromatic ring is 1. The number of hydrogen-bond acceptors (Lipinski definition) is 4. The summed E-state index contributed by atoms with van der Waals surface area (Å²) in [7, 11) is 0. The van der Waals surface area contributed by atoms with Gasteiger partial charge < -0.3 is 20.8 Å². The molecule has 0 bridgehead atoms. The molecule has 0 saturated carbocycles. The van der Waals surface area contributed by atoms with E-state index in [9.17, 15) is 4.79 Å². The molecular formula is C17H20N4O2. The maximum atomic E-state index is 9.68. The van der Waals surface area contributed by atoms with Crippen LogP contribution in [0.3, 0.4) is 0 Å². The van der Waals surface area contributed by atoms with E-state index < -0.39 is 5.97 Å². The third-order valence-electron chi connectivity index (χ3n) is 3.49. The van der Waals surface area contributed by atoms with Crippen LogP contribution < -0.4 is 5.73 Å². The second-order valence-electron chi connectivity index (χ2n) is 5.07. The average Bonchev–Trinajstić information content (AvgIpc) is 2.91. The van der Waals surface area contributed by atoms with Crippen molar-refractivity contribution in [2.75, 3.05) is 5.73 Å². The minimum absolute atomic E-state index is 0.194. The Labute approximate surface area is 135 Å². The minimum atomic E-state index is -1.14. The summed E-state index contributed by atoms with van der Waals surface area (Å²) < 4.78 is 2.15. The number of aliphatic carboxylic acids is 1. The molecule has 0 aliphatic heterocycles. The standard InChI is InChI=1S/C13H15N3.C4H5NO2/c1-3-9(2)16-8-10(7-14)12-6-11(15)4-5-13(12)16;1-3(2-5)4(6)7/h4-6,8-9H,3,15H2,1-2H3;2,5H,1H2,(H,6,7). The lowest BCUT2D eigenvalue weighted by atomic mass is 10.1. The van der Waals surface area contributed by atoms with Crippen LogP contribution in [0, 0.1) is 16.7 Å². The number of nitrogens with zero attached hydrogens (tertiary/aromatic N) is 2. The third-order valence-corrected chi connectivity index (χ3v) is 3.49. The Morgan fingerprint density at radius 1 is 1.61 bits per heavy atom. The molecule has 2 aromatic rings. The molecule has 1 aromatic carbocycles. The van der Waals surface area contributed by atoms with Gasteiger partial charge in [-0.25, -0.2) is 4.79 Å². The molecule has 1 heterocycles. The zero-order valence-corrected chi connectivity index (χ0v) is 13.2. The summed E-state index contributed by atoms with van der Waals surface area (Å²) >= 11 is 0. The van der Waals surface area contributed by atoms with E-state index >= 15 is 0 Å². The maximum absolute atomic E-state index is 9.68. The first-order chi connectivity index (χ1) is 10.8. The van der Waals surface area contributed by atoms with E-state index in [1.54, 1.807) is 0 Å². The van der Waals surface area contributed by atoms with Crippen molar-refractivity contribution in [3.8, 4) is 6.07 Å². The topological polar surface area (TPSA) is 116 Å². The van der Waals surface area contributed by atoms with Gasteiger partial charge in [0, 0.05) is 35.0 Å². The Balaban J connectivity index is 0.000000322. The molecule has 23 heavy (non-hydrogen) atoms. The molecule has 6 nitrogen and oxygen atoms in total. The van der Waals surface area contributed by atoms with E-state index in [0.717, 1.165) is 17.3 Å². The number of benzene rings is 1. The summed E-state index contributed by atoms with van der Waals surface area (Å²) in [5, 5.41) is 24.3. The fourth-order valence-corrected chi connectivity index (χ4v) is 1.98. The van der Waals surface area contributed by atoms with Crippen molar-refractivity contribution in [2.24, 2.45) is 0 Å². The normalized spacial score (nSPS) is 11.0. The highest BCUT2D eigenvalue weighted by Crippen LogP contribution is 2.27. The lowest BCUT2D eigenvalue weighted by Crippen LogP contribution is -2.01. The number of carbonyl (C=O) groups is 1. The number of aromatic nitrogens is 1. The predicted octanol–water partition coefficient (Wildman–Crippen LogP) is 3.34. The molecule has 0 saturated heterocycles. The smallest absolute Gasteiger partial charge is 0.336 e. The lowest BCUT2D eigenvalue weighted by molar-refractivity contribution is -0.131. The summed E-state index contributed by atoms with van der Waals surface area (Å²) in [6, 6.07) is 8.35. The minimum Gasteiger partial charge on any atom is -0.478 e. The van der Waals surface area contributed by atoms with Crippen molar-refractivity contribution in [1.82, 2.24) is 4.57 Å². The van der Waals surface area contributed by atoms with E-state index in [4.69, 9.17) is 21.5 Å². The highest BCUT2D eigenvalue weighted by Gasteiger charge is 2.11. The molecule has 1 unspecified atom stereocenters. The van der Waals surface area contributed by atoms with E-state index in [2.05, 4.69) is 31.1 Å². The van der Waals surface area contributed by atoms with Crippen molar-refractivity contribution in [1.29, 1.82) is 10.7 Å². The first-order valence-electron chi connectivity index (χ1n) is 7.08. The third kappa shape index (κ3) is 4.20. The van der Waals surface area contributed by atoms with Crippen LogP contribution in [0.5, 0.6) is 0 Å². The van der Waals surface area contributed by atoms with Gasteiger partial charge in [0.1, 0.15) is 6.07 Å². The van der Waals surface area contributed by atoms with Crippen LogP contribution in [0.25, 0.3) is 10.9 Å². The molecule has 0 spiro atoms. The average molecular weight is 312 g/mol. The van der Waals surface area contributed by atoms with Gasteiger partial charge in [0.25, 0.3) is 0 Å². The fourth-order valence-electron chi connectivity index (χ4n) is 1.98. The first kappa shape index (κ1) is 18.0. The second kappa shape index (κ2) is 7.80. The number of carboxylic acids is 1. The number of nitriles is 1. The first-order valence-corrected chi connectivity index (χ1v) is 7.08. The van der Waals surface area contributed by atoms with Crippen molar-refractivity contribution in [2.45, 2.75) is 26.3 Å². The fraction of sp³-hybridized carbons (Fsp3) is 0.235. The van der Waals surface area contributed by atoms with Crippen LogP contribution in [-0.2, 0) is 4.79 Å². The van der Waals surface area contributed by atoms with Gasteiger partial charge in [0.15, 0.2) is 0 Å². The maximum Gasteiger partial charge on any atom is 0.336 e. The SMILES string of the molecule is C=C(C=N)C(=O)O.CCC(C)n1cc(C#N)c2cc(N)ccc21. The quantitative estimate of drug-likeness (QED) is 0.456. The van der Waals surface area contributed by atoms with Gasteiger partial charge >= 0.3 is 5.97 Å². The number of hydrogen-bond donors (Lipinski definition) is 3. The van der Waals surface area contributed by atoms with Crippen LogP contribution in [0.1, 0.15) is 31.9 Å².